The van der Waals surface area contributed by atoms with Crippen molar-refractivity contribution in [2.75, 3.05) is 12.3 Å². The maximum absolute atomic E-state index is 12.0. The topological polar surface area (TPSA) is 41.1 Å². The van der Waals surface area contributed by atoms with Crippen LogP contribution in [0.2, 0.25) is 5.02 Å². The van der Waals surface area contributed by atoms with Crippen molar-refractivity contribution in [2.45, 2.75) is 42.7 Å². The van der Waals surface area contributed by atoms with Gasteiger partial charge in [0.25, 0.3) is 0 Å². The predicted molar refractivity (Wildman–Crippen MR) is 83.3 cm³/mol. The summed E-state index contributed by atoms with van der Waals surface area (Å²) in [7, 11) is 0. The van der Waals surface area contributed by atoms with Crippen LogP contribution in [0.5, 0.6) is 0 Å². The molecule has 1 saturated carbocycles. The molecule has 2 N–H and O–H groups in total. The highest BCUT2D eigenvalue weighted by Crippen LogP contribution is 2.37. The van der Waals surface area contributed by atoms with Crippen LogP contribution < -0.4 is 10.6 Å². The molecule has 5 heteroatoms. The number of carbonyl (C=O) groups excluding carboxylic acids is 1. The highest BCUT2D eigenvalue weighted by atomic mass is 35.5. The van der Waals surface area contributed by atoms with Crippen molar-refractivity contribution >= 4 is 29.3 Å². The summed E-state index contributed by atoms with van der Waals surface area (Å²) in [6.07, 6.45) is 4.04. The van der Waals surface area contributed by atoms with E-state index in [-0.39, 0.29) is 11.9 Å². The van der Waals surface area contributed by atoms with Crippen molar-refractivity contribution < 1.29 is 4.79 Å². The molecule has 1 fully saturated rings. The third kappa shape index (κ3) is 3.68. The first kappa shape index (κ1) is 14.2. The number of thioether (sulfide) groups is 1. The molecule has 0 radical (unpaired) electrons. The minimum atomic E-state index is 0.110. The lowest BCUT2D eigenvalue weighted by Crippen LogP contribution is -2.33. The summed E-state index contributed by atoms with van der Waals surface area (Å²) >= 11 is 7.91. The van der Waals surface area contributed by atoms with E-state index in [2.05, 4.69) is 16.7 Å². The van der Waals surface area contributed by atoms with Gasteiger partial charge in [-0.15, -0.1) is 11.8 Å². The Morgan fingerprint density at radius 1 is 1.35 bits per heavy atom. The molecule has 1 amide bonds. The Labute approximate surface area is 128 Å². The van der Waals surface area contributed by atoms with Crippen molar-refractivity contribution in [1.29, 1.82) is 0 Å². The van der Waals surface area contributed by atoms with E-state index < -0.39 is 0 Å². The first-order chi connectivity index (χ1) is 9.72. The second-order valence-electron chi connectivity index (χ2n) is 5.42. The zero-order chi connectivity index (χ0) is 13.9. The number of benzene rings is 1. The van der Waals surface area contributed by atoms with Gasteiger partial charge in [-0.2, -0.15) is 0 Å². The molecule has 1 heterocycles. The van der Waals surface area contributed by atoms with E-state index in [9.17, 15) is 4.79 Å². The molecule has 1 aromatic rings. The van der Waals surface area contributed by atoms with Crippen LogP contribution in [0.25, 0.3) is 0 Å². The molecule has 1 unspecified atom stereocenters. The SMILES string of the molecule is O=C(CCNC1CC1)NC1CCSc2ccc(Cl)cc21. The second kappa shape index (κ2) is 6.37. The summed E-state index contributed by atoms with van der Waals surface area (Å²) in [5, 5.41) is 7.25. The molecule has 1 aromatic carbocycles. The number of halogens is 1. The van der Waals surface area contributed by atoms with E-state index in [0.717, 1.165) is 29.3 Å². The number of amides is 1. The Balaban J connectivity index is 1.57. The summed E-state index contributed by atoms with van der Waals surface area (Å²) in [6.45, 7) is 0.778. The number of nitrogens with one attached hydrogen (secondary N) is 2. The maximum atomic E-state index is 12.0. The molecule has 0 spiro atoms. The zero-order valence-corrected chi connectivity index (χ0v) is 12.9. The van der Waals surface area contributed by atoms with Gasteiger partial charge in [0.2, 0.25) is 5.91 Å². The average Bonchev–Trinajstić information content (AvgIpc) is 3.24. The Morgan fingerprint density at radius 2 is 2.20 bits per heavy atom. The Hall–Kier alpha value is -0.710. The molecule has 3 nitrogen and oxygen atoms in total. The van der Waals surface area contributed by atoms with E-state index in [1.807, 2.05) is 23.9 Å². The van der Waals surface area contributed by atoms with Crippen molar-refractivity contribution in [3.05, 3.63) is 28.8 Å². The van der Waals surface area contributed by atoms with Gasteiger partial charge in [-0.25, -0.2) is 0 Å². The number of rotatable bonds is 5. The fourth-order valence-electron chi connectivity index (χ4n) is 2.46. The molecule has 108 valence electrons. The van der Waals surface area contributed by atoms with Crippen LogP contribution in [-0.4, -0.2) is 24.2 Å². The minimum absolute atomic E-state index is 0.110. The van der Waals surface area contributed by atoms with Gasteiger partial charge in [0.15, 0.2) is 0 Å². The van der Waals surface area contributed by atoms with Crippen LogP contribution in [0.1, 0.15) is 37.3 Å². The summed E-state index contributed by atoms with van der Waals surface area (Å²) in [5.41, 5.74) is 1.16. The van der Waals surface area contributed by atoms with Crippen molar-refractivity contribution in [2.24, 2.45) is 0 Å². The standard InChI is InChI=1S/C15H19ClN2OS/c16-10-1-4-14-12(9-10)13(6-8-20-14)18-15(19)5-7-17-11-2-3-11/h1,4,9,11,13,17H,2-3,5-8H2,(H,18,19). The molecule has 20 heavy (non-hydrogen) atoms. The van der Waals surface area contributed by atoms with E-state index in [4.69, 9.17) is 11.6 Å². The third-order valence-corrected chi connectivity index (χ3v) is 5.07. The number of carbonyl (C=O) groups is 1. The van der Waals surface area contributed by atoms with Gasteiger partial charge in [0, 0.05) is 34.7 Å². The third-order valence-electron chi connectivity index (χ3n) is 3.71. The Bertz CT molecular complexity index is 505. The van der Waals surface area contributed by atoms with Gasteiger partial charge in [-0.1, -0.05) is 11.6 Å². The average molecular weight is 311 g/mol. The normalized spacial score (nSPS) is 21.4. The van der Waals surface area contributed by atoms with E-state index in [0.29, 0.717) is 12.5 Å². The Kier molecular flexibility index (Phi) is 4.54. The fourth-order valence-corrected chi connectivity index (χ4v) is 3.75. The summed E-state index contributed by atoms with van der Waals surface area (Å²) < 4.78 is 0. The summed E-state index contributed by atoms with van der Waals surface area (Å²) in [6, 6.07) is 6.72. The van der Waals surface area contributed by atoms with Gasteiger partial charge >= 0.3 is 0 Å². The number of fused-ring (bicyclic) bond motifs is 1. The molecule has 0 saturated heterocycles. The van der Waals surface area contributed by atoms with Crippen LogP contribution in [0.4, 0.5) is 0 Å². The molecular weight excluding hydrogens is 292 g/mol. The molecule has 0 bridgehead atoms. The molecule has 1 aliphatic carbocycles. The zero-order valence-electron chi connectivity index (χ0n) is 11.3. The van der Waals surface area contributed by atoms with Crippen LogP contribution >= 0.6 is 23.4 Å². The number of hydrogen-bond acceptors (Lipinski definition) is 3. The fraction of sp³-hybridized carbons (Fsp3) is 0.533. The summed E-state index contributed by atoms with van der Waals surface area (Å²) in [4.78, 5) is 13.3. The van der Waals surface area contributed by atoms with Crippen molar-refractivity contribution in [3.63, 3.8) is 0 Å². The van der Waals surface area contributed by atoms with Crippen molar-refractivity contribution in [3.8, 4) is 0 Å². The highest BCUT2D eigenvalue weighted by molar-refractivity contribution is 7.99. The first-order valence-electron chi connectivity index (χ1n) is 7.17. The quantitative estimate of drug-likeness (QED) is 0.878. The second-order valence-corrected chi connectivity index (χ2v) is 6.99. The molecule has 3 rings (SSSR count). The van der Waals surface area contributed by atoms with Crippen LogP contribution in [0.3, 0.4) is 0 Å². The lowest BCUT2D eigenvalue weighted by atomic mass is 10.0. The van der Waals surface area contributed by atoms with Gasteiger partial charge in [-0.05, 0) is 43.0 Å². The largest absolute Gasteiger partial charge is 0.349 e. The molecule has 0 aromatic heterocycles. The van der Waals surface area contributed by atoms with Crippen molar-refractivity contribution in [1.82, 2.24) is 10.6 Å². The molecule has 1 atom stereocenters. The number of hydrogen-bond donors (Lipinski definition) is 2. The van der Waals surface area contributed by atoms with Gasteiger partial charge in [0.05, 0.1) is 6.04 Å². The van der Waals surface area contributed by atoms with Crippen LogP contribution in [0, 0.1) is 0 Å². The van der Waals surface area contributed by atoms with Gasteiger partial charge in [-0.3, -0.25) is 4.79 Å². The molecule has 2 aliphatic rings. The Morgan fingerprint density at radius 3 is 3.00 bits per heavy atom. The lowest BCUT2D eigenvalue weighted by molar-refractivity contribution is -0.121. The first-order valence-corrected chi connectivity index (χ1v) is 8.54. The van der Waals surface area contributed by atoms with E-state index in [1.54, 1.807) is 0 Å². The minimum Gasteiger partial charge on any atom is -0.349 e. The smallest absolute Gasteiger partial charge is 0.221 e. The van der Waals surface area contributed by atoms with E-state index >= 15 is 0 Å². The highest BCUT2D eigenvalue weighted by Gasteiger charge is 2.23. The monoisotopic (exact) mass is 310 g/mol. The van der Waals surface area contributed by atoms with Gasteiger partial charge < -0.3 is 10.6 Å². The van der Waals surface area contributed by atoms with Gasteiger partial charge in [0.1, 0.15) is 0 Å². The summed E-state index contributed by atoms with van der Waals surface area (Å²) in [5.74, 6) is 1.17. The molecule has 1 aliphatic heterocycles. The molecular formula is C15H19ClN2OS. The maximum Gasteiger partial charge on any atom is 0.221 e. The predicted octanol–water partition coefficient (Wildman–Crippen LogP) is 3.14. The van der Waals surface area contributed by atoms with Crippen LogP contribution in [0.15, 0.2) is 23.1 Å². The van der Waals surface area contributed by atoms with E-state index in [1.165, 1.54) is 17.7 Å². The van der Waals surface area contributed by atoms with Crippen LogP contribution in [-0.2, 0) is 4.79 Å². The lowest BCUT2D eigenvalue weighted by Gasteiger charge is -2.26.